The zero-order valence-corrected chi connectivity index (χ0v) is 14.4. The molecule has 0 aliphatic carbocycles. The van der Waals surface area contributed by atoms with Crippen molar-refractivity contribution in [1.29, 1.82) is 0 Å². The first-order valence-corrected chi connectivity index (χ1v) is 8.56. The number of likely N-dealkylation sites (tertiary alicyclic amines) is 1. The summed E-state index contributed by atoms with van der Waals surface area (Å²) >= 11 is 2.04. The highest BCUT2D eigenvalue weighted by atomic mass is 127. The fourth-order valence-corrected chi connectivity index (χ4v) is 3.29. The Morgan fingerprint density at radius 1 is 1.36 bits per heavy atom. The third kappa shape index (κ3) is 3.86. The van der Waals surface area contributed by atoms with Gasteiger partial charge in [0.2, 0.25) is 0 Å². The fourth-order valence-electron chi connectivity index (χ4n) is 2.84. The Hall–Kier alpha value is -1.41. The van der Waals surface area contributed by atoms with Crippen LogP contribution in [0.2, 0.25) is 0 Å². The number of rotatable bonds is 4. The van der Waals surface area contributed by atoms with Crippen LogP contribution in [0, 0.1) is 3.57 Å². The lowest BCUT2D eigenvalue weighted by molar-refractivity contribution is 0.208. The highest BCUT2D eigenvalue weighted by Crippen LogP contribution is 2.18. The predicted octanol–water partition coefficient (Wildman–Crippen LogP) is 2.45. The van der Waals surface area contributed by atoms with Gasteiger partial charge in [0.1, 0.15) is 9.39 Å². The second-order valence-corrected chi connectivity index (χ2v) is 6.68. The van der Waals surface area contributed by atoms with Crippen LogP contribution in [-0.4, -0.2) is 34.0 Å². The predicted molar refractivity (Wildman–Crippen MR) is 95.9 cm³/mol. The van der Waals surface area contributed by atoms with E-state index in [1.807, 2.05) is 28.7 Å². The lowest BCUT2D eigenvalue weighted by atomic mass is 10.0. The van der Waals surface area contributed by atoms with Crippen LogP contribution in [0.1, 0.15) is 18.4 Å². The van der Waals surface area contributed by atoms with Gasteiger partial charge in [0.25, 0.3) is 5.56 Å². The second kappa shape index (κ2) is 7.23. The zero-order valence-electron chi connectivity index (χ0n) is 12.3. The Bertz CT molecular complexity index is 673. The van der Waals surface area contributed by atoms with Crippen molar-refractivity contribution in [3.8, 4) is 0 Å². The molecule has 0 bridgehead atoms. The van der Waals surface area contributed by atoms with E-state index in [0.717, 1.165) is 32.5 Å². The summed E-state index contributed by atoms with van der Waals surface area (Å²) in [6, 6.07) is 10.9. The maximum absolute atomic E-state index is 11.6. The summed E-state index contributed by atoms with van der Waals surface area (Å²) in [4.78, 5) is 20.9. The van der Waals surface area contributed by atoms with Gasteiger partial charge >= 0.3 is 0 Å². The van der Waals surface area contributed by atoms with Crippen LogP contribution in [0.15, 0.2) is 41.5 Å². The van der Waals surface area contributed by atoms with Crippen molar-refractivity contribution in [3.05, 3.63) is 56.1 Å². The van der Waals surface area contributed by atoms with Crippen molar-refractivity contribution in [3.63, 3.8) is 0 Å². The molecule has 1 aliphatic rings. The van der Waals surface area contributed by atoms with Gasteiger partial charge in [0.15, 0.2) is 0 Å². The van der Waals surface area contributed by atoms with E-state index in [1.165, 1.54) is 11.9 Å². The molecule has 1 aliphatic heterocycles. The summed E-state index contributed by atoms with van der Waals surface area (Å²) in [6.07, 6.45) is 3.72. The smallest absolute Gasteiger partial charge is 0.266 e. The normalized spacial score (nSPS) is 19.0. The van der Waals surface area contributed by atoms with Crippen LogP contribution >= 0.6 is 22.6 Å². The Labute approximate surface area is 143 Å². The van der Waals surface area contributed by atoms with Crippen LogP contribution in [0.3, 0.4) is 0 Å². The summed E-state index contributed by atoms with van der Waals surface area (Å²) in [5.41, 5.74) is 1.25. The van der Waals surface area contributed by atoms with Crippen LogP contribution in [0.4, 0.5) is 5.82 Å². The highest BCUT2D eigenvalue weighted by molar-refractivity contribution is 14.1. The van der Waals surface area contributed by atoms with Gasteiger partial charge in [-0.2, -0.15) is 0 Å². The first-order valence-electron chi connectivity index (χ1n) is 7.48. The molecule has 1 fully saturated rings. The Morgan fingerprint density at radius 2 is 2.18 bits per heavy atom. The van der Waals surface area contributed by atoms with Gasteiger partial charge in [-0.25, -0.2) is 4.98 Å². The molecule has 2 heterocycles. The summed E-state index contributed by atoms with van der Waals surface area (Å²) in [7, 11) is 0. The molecule has 1 aromatic carbocycles. The molecule has 2 N–H and O–H groups in total. The van der Waals surface area contributed by atoms with E-state index >= 15 is 0 Å². The summed E-state index contributed by atoms with van der Waals surface area (Å²) in [5, 5.41) is 3.43. The minimum atomic E-state index is -0.0879. The van der Waals surface area contributed by atoms with Gasteiger partial charge in [-0.1, -0.05) is 30.3 Å². The van der Waals surface area contributed by atoms with Crippen LogP contribution in [-0.2, 0) is 6.54 Å². The van der Waals surface area contributed by atoms with Gasteiger partial charge in [0, 0.05) is 19.1 Å². The quantitative estimate of drug-likeness (QED) is 0.761. The van der Waals surface area contributed by atoms with E-state index < -0.39 is 0 Å². The molecule has 116 valence electrons. The van der Waals surface area contributed by atoms with Crippen LogP contribution in [0.5, 0.6) is 0 Å². The van der Waals surface area contributed by atoms with E-state index in [1.54, 1.807) is 0 Å². The topological polar surface area (TPSA) is 61.0 Å². The van der Waals surface area contributed by atoms with Crippen molar-refractivity contribution in [1.82, 2.24) is 14.9 Å². The van der Waals surface area contributed by atoms with Gasteiger partial charge in [0.05, 0.1) is 6.33 Å². The number of H-pyrrole nitrogens is 1. The number of benzene rings is 1. The number of piperidine rings is 1. The van der Waals surface area contributed by atoms with Crippen molar-refractivity contribution >= 4 is 28.4 Å². The molecule has 1 atom stereocenters. The number of halogens is 1. The molecule has 0 saturated carbocycles. The van der Waals surface area contributed by atoms with Crippen molar-refractivity contribution in [2.45, 2.75) is 25.4 Å². The minimum absolute atomic E-state index is 0.0879. The number of nitrogens with one attached hydrogen (secondary N) is 2. The molecule has 0 spiro atoms. The molecular weight excluding hydrogens is 391 g/mol. The van der Waals surface area contributed by atoms with E-state index in [9.17, 15) is 4.79 Å². The minimum Gasteiger partial charge on any atom is -0.365 e. The molecule has 1 aromatic heterocycles. The summed E-state index contributed by atoms with van der Waals surface area (Å²) < 4.78 is 0.625. The monoisotopic (exact) mass is 410 g/mol. The number of aromatic nitrogens is 2. The van der Waals surface area contributed by atoms with E-state index in [0.29, 0.717) is 15.4 Å². The summed E-state index contributed by atoms with van der Waals surface area (Å²) in [5.74, 6) is 0.691. The van der Waals surface area contributed by atoms with Crippen LogP contribution < -0.4 is 10.9 Å². The average molecular weight is 410 g/mol. The number of hydrogen-bond donors (Lipinski definition) is 2. The average Bonchev–Trinajstić information content (AvgIpc) is 2.53. The molecule has 2 aromatic rings. The van der Waals surface area contributed by atoms with E-state index in [-0.39, 0.29) is 5.56 Å². The molecule has 1 unspecified atom stereocenters. The SMILES string of the molecule is O=c1[nH]cnc(NC2CCCN(Cc3ccccc3)C2)c1I. The van der Waals surface area contributed by atoms with Crippen LogP contribution in [0.25, 0.3) is 0 Å². The number of nitrogens with zero attached hydrogens (tertiary/aromatic N) is 2. The largest absolute Gasteiger partial charge is 0.365 e. The molecule has 22 heavy (non-hydrogen) atoms. The fraction of sp³-hybridized carbons (Fsp3) is 0.375. The van der Waals surface area contributed by atoms with Crippen molar-refractivity contribution in [2.24, 2.45) is 0 Å². The number of aromatic amines is 1. The molecule has 0 radical (unpaired) electrons. The number of anilines is 1. The van der Waals surface area contributed by atoms with Gasteiger partial charge in [-0.15, -0.1) is 0 Å². The third-order valence-corrected chi connectivity index (χ3v) is 4.89. The lowest BCUT2D eigenvalue weighted by Gasteiger charge is -2.33. The van der Waals surface area contributed by atoms with Gasteiger partial charge in [-0.3, -0.25) is 9.69 Å². The maximum atomic E-state index is 11.6. The molecular formula is C16H19IN4O. The third-order valence-electron chi connectivity index (χ3n) is 3.89. The molecule has 0 amide bonds. The van der Waals surface area contributed by atoms with E-state index in [2.05, 4.69) is 44.5 Å². The molecule has 6 heteroatoms. The summed E-state index contributed by atoms with van der Waals surface area (Å²) in [6.45, 7) is 3.06. The lowest BCUT2D eigenvalue weighted by Crippen LogP contribution is -2.42. The maximum Gasteiger partial charge on any atom is 0.266 e. The Kier molecular flexibility index (Phi) is 5.09. The highest BCUT2D eigenvalue weighted by Gasteiger charge is 2.21. The first kappa shape index (κ1) is 15.5. The van der Waals surface area contributed by atoms with E-state index in [4.69, 9.17) is 0 Å². The van der Waals surface area contributed by atoms with Gasteiger partial charge in [-0.05, 0) is 47.5 Å². The van der Waals surface area contributed by atoms with Crippen molar-refractivity contribution in [2.75, 3.05) is 18.4 Å². The van der Waals surface area contributed by atoms with Crippen molar-refractivity contribution < 1.29 is 0 Å². The second-order valence-electron chi connectivity index (χ2n) is 5.60. The molecule has 5 nitrogen and oxygen atoms in total. The Balaban J connectivity index is 1.63. The molecule has 3 rings (SSSR count). The Morgan fingerprint density at radius 3 is 3.00 bits per heavy atom. The zero-order chi connectivity index (χ0) is 15.4. The van der Waals surface area contributed by atoms with Gasteiger partial charge < -0.3 is 10.3 Å². The first-order chi connectivity index (χ1) is 10.7. The number of hydrogen-bond acceptors (Lipinski definition) is 4. The molecule has 1 saturated heterocycles. The standard InChI is InChI=1S/C16H19IN4O/c17-14-15(18-11-19-16(14)22)20-13-7-4-8-21(10-13)9-12-5-2-1-3-6-12/h1-3,5-6,11,13H,4,7-10H2,(H2,18,19,20,22).